The Kier molecular flexibility index (Phi) is 4.84. The monoisotopic (exact) mass is 316 g/mol. The van der Waals surface area contributed by atoms with E-state index in [1.54, 1.807) is 7.11 Å². The van der Waals surface area contributed by atoms with Gasteiger partial charge in [-0.25, -0.2) is 0 Å². The van der Waals surface area contributed by atoms with Crippen molar-refractivity contribution in [1.82, 2.24) is 4.90 Å². The molecule has 1 fully saturated rings. The topological polar surface area (TPSA) is 51.1 Å². The van der Waals surface area contributed by atoms with Gasteiger partial charge in [0.25, 0.3) is 0 Å². The van der Waals surface area contributed by atoms with Gasteiger partial charge in [0.15, 0.2) is 6.10 Å². The second-order valence-electron chi connectivity index (χ2n) is 6.20. The fraction of sp³-hybridized carbons (Fsp3) is 0.556. The number of carbonyl (C=O) groups excluding carboxylic acids is 1. The highest BCUT2D eigenvalue weighted by Crippen LogP contribution is 2.29. The van der Waals surface area contributed by atoms with Gasteiger partial charge in [-0.05, 0) is 49.6 Å². The van der Waals surface area contributed by atoms with E-state index in [1.165, 1.54) is 6.42 Å². The molecular weight excluding hydrogens is 292 g/mol. The summed E-state index contributed by atoms with van der Waals surface area (Å²) >= 11 is 0. The molecule has 1 aliphatic carbocycles. The molecule has 0 N–H and O–H groups in total. The molecule has 2 aliphatic rings. The molecule has 3 rings (SSSR count). The highest BCUT2D eigenvalue weighted by atomic mass is 16.6. The maximum absolute atomic E-state index is 12.4. The third-order valence-electron chi connectivity index (χ3n) is 4.73. The molecule has 1 aromatic carbocycles. The predicted octanol–water partition coefficient (Wildman–Crippen LogP) is 2.84. The first-order chi connectivity index (χ1) is 11.2. The highest BCUT2D eigenvalue weighted by Gasteiger charge is 2.32. The SMILES string of the molecule is CCN(CC1CC(c2ccc(OC)cc2)=NO1)C(=O)C1CCC1. The van der Waals surface area contributed by atoms with Crippen LogP contribution in [0.4, 0.5) is 0 Å². The van der Waals surface area contributed by atoms with Crippen molar-refractivity contribution in [2.45, 2.75) is 38.7 Å². The van der Waals surface area contributed by atoms with E-state index in [1.807, 2.05) is 36.1 Å². The van der Waals surface area contributed by atoms with E-state index >= 15 is 0 Å². The van der Waals surface area contributed by atoms with Crippen molar-refractivity contribution in [1.29, 1.82) is 0 Å². The van der Waals surface area contributed by atoms with Gasteiger partial charge in [-0.1, -0.05) is 11.6 Å². The number of hydrogen-bond acceptors (Lipinski definition) is 4. The Morgan fingerprint density at radius 1 is 1.35 bits per heavy atom. The Morgan fingerprint density at radius 3 is 2.65 bits per heavy atom. The van der Waals surface area contributed by atoms with Gasteiger partial charge in [0.2, 0.25) is 5.91 Å². The van der Waals surface area contributed by atoms with Crippen molar-refractivity contribution >= 4 is 11.6 Å². The molecule has 1 aromatic rings. The molecule has 1 heterocycles. The zero-order valence-corrected chi connectivity index (χ0v) is 13.8. The van der Waals surface area contributed by atoms with Crippen LogP contribution in [0.3, 0.4) is 0 Å². The van der Waals surface area contributed by atoms with Gasteiger partial charge in [-0.2, -0.15) is 0 Å². The molecule has 1 atom stereocenters. The van der Waals surface area contributed by atoms with Crippen LogP contribution in [0, 0.1) is 5.92 Å². The third-order valence-corrected chi connectivity index (χ3v) is 4.73. The van der Waals surface area contributed by atoms with Crippen molar-refractivity contribution in [2.24, 2.45) is 11.1 Å². The summed E-state index contributed by atoms with van der Waals surface area (Å²) in [5.41, 5.74) is 1.98. The first-order valence-electron chi connectivity index (χ1n) is 8.37. The highest BCUT2D eigenvalue weighted by molar-refractivity contribution is 6.01. The molecule has 1 saturated carbocycles. The van der Waals surface area contributed by atoms with Crippen molar-refractivity contribution < 1.29 is 14.4 Å². The lowest BCUT2D eigenvalue weighted by Gasteiger charge is -2.31. The minimum atomic E-state index is -0.0453. The summed E-state index contributed by atoms with van der Waals surface area (Å²) in [4.78, 5) is 19.9. The number of hydrogen-bond donors (Lipinski definition) is 0. The Labute approximate surface area is 137 Å². The summed E-state index contributed by atoms with van der Waals surface area (Å²) in [5, 5.41) is 4.21. The number of methoxy groups -OCH3 is 1. The molecule has 0 saturated heterocycles. The molecule has 1 unspecified atom stereocenters. The molecule has 5 heteroatoms. The number of amides is 1. The standard InChI is InChI=1S/C18H24N2O3/c1-3-20(18(21)14-5-4-6-14)12-16-11-17(19-23-16)13-7-9-15(22-2)10-8-13/h7-10,14,16H,3-6,11-12H2,1-2H3. The van der Waals surface area contributed by atoms with Gasteiger partial charge in [0, 0.05) is 18.9 Å². The Bertz CT molecular complexity index is 578. The van der Waals surface area contributed by atoms with E-state index in [0.29, 0.717) is 6.54 Å². The van der Waals surface area contributed by atoms with Gasteiger partial charge in [0.1, 0.15) is 5.75 Å². The third kappa shape index (κ3) is 3.49. The number of oxime groups is 1. The average Bonchev–Trinajstić information content (AvgIpc) is 2.99. The number of benzene rings is 1. The zero-order valence-electron chi connectivity index (χ0n) is 13.8. The molecule has 0 aromatic heterocycles. The van der Waals surface area contributed by atoms with Gasteiger partial charge >= 0.3 is 0 Å². The Hall–Kier alpha value is -2.04. The number of carbonyl (C=O) groups is 1. The summed E-state index contributed by atoms with van der Waals surface area (Å²) in [6.07, 6.45) is 3.94. The lowest BCUT2D eigenvalue weighted by Crippen LogP contribution is -2.42. The normalized spacial score (nSPS) is 20.4. The number of ether oxygens (including phenoxy) is 1. The van der Waals surface area contributed by atoms with Crippen LogP contribution in [-0.4, -0.2) is 42.8 Å². The number of rotatable bonds is 6. The number of likely N-dealkylation sites (N-methyl/N-ethyl adjacent to an activating group) is 1. The van der Waals surface area contributed by atoms with Crippen molar-refractivity contribution in [3.05, 3.63) is 29.8 Å². The largest absolute Gasteiger partial charge is 0.497 e. The first-order valence-corrected chi connectivity index (χ1v) is 8.37. The van der Waals surface area contributed by atoms with Gasteiger partial charge in [-0.15, -0.1) is 0 Å². The van der Waals surface area contributed by atoms with E-state index in [2.05, 4.69) is 5.16 Å². The first kappa shape index (κ1) is 15.8. The van der Waals surface area contributed by atoms with E-state index in [9.17, 15) is 4.79 Å². The fourth-order valence-corrected chi connectivity index (χ4v) is 3.01. The molecule has 1 aliphatic heterocycles. The number of nitrogens with zero attached hydrogens (tertiary/aromatic N) is 2. The van der Waals surface area contributed by atoms with Crippen molar-refractivity contribution in [2.75, 3.05) is 20.2 Å². The summed E-state index contributed by atoms with van der Waals surface area (Å²) in [7, 11) is 1.65. The smallest absolute Gasteiger partial charge is 0.225 e. The second kappa shape index (κ2) is 7.02. The lowest BCUT2D eigenvalue weighted by molar-refractivity contribution is -0.139. The van der Waals surface area contributed by atoms with Crippen LogP contribution in [0.5, 0.6) is 5.75 Å². The lowest BCUT2D eigenvalue weighted by atomic mass is 9.84. The van der Waals surface area contributed by atoms with E-state index in [4.69, 9.17) is 9.57 Å². The quantitative estimate of drug-likeness (QED) is 0.811. The van der Waals surface area contributed by atoms with Crippen LogP contribution >= 0.6 is 0 Å². The summed E-state index contributed by atoms with van der Waals surface area (Å²) in [6.45, 7) is 3.37. The zero-order chi connectivity index (χ0) is 16.2. The molecule has 0 radical (unpaired) electrons. The Balaban J connectivity index is 1.56. The molecule has 124 valence electrons. The predicted molar refractivity (Wildman–Crippen MR) is 88.6 cm³/mol. The van der Waals surface area contributed by atoms with E-state index in [0.717, 1.165) is 42.8 Å². The average molecular weight is 316 g/mol. The maximum atomic E-state index is 12.4. The molecular formula is C18H24N2O3. The van der Waals surface area contributed by atoms with E-state index in [-0.39, 0.29) is 17.9 Å². The van der Waals surface area contributed by atoms with Gasteiger partial charge in [-0.3, -0.25) is 4.79 Å². The summed E-state index contributed by atoms with van der Waals surface area (Å²) in [5.74, 6) is 1.34. The van der Waals surface area contributed by atoms with Crippen LogP contribution in [0.25, 0.3) is 0 Å². The molecule has 0 bridgehead atoms. The summed E-state index contributed by atoms with van der Waals surface area (Å²) < 4.78 is 5.17. The minimum absolute atomic E-state index is 0.0453. The van der Waals surface area contributed by atoms with Crippen LogP contribution in [0.1, 0.15) is 38.2 Å². The fourth-order valence-electron chi connectivity index (χ4n) is 3.01. The molecule has 1 amide bonds. The van der Waals surface area contributed by atoms with Crippen LogP contribution in [0.2, 0.25) is 0 Å². The maximum Gasteiger partial charge on any atom is 0.225 e. The Morgan fingerprint density at radius 2 is 2.09 bits per heavy atom. The van der Waals surface area contributed by atoms with Crippen LogP contribution < -0.4 is 4.74 Å². The van der Waals surface area contributed by atoms with Crippen LogP contribution in [-0.2, 0) is 9.63 Å². The van der Waals surface area contributed by atoms with Crippen LogP contribution in [0.15, 0.2) is 29.4 Å². The molecule has 23 heavy (non-hydrogen) atoms. The van der Waals surface area contributed by atoms with Crippen molar-refractivity contribution in [3.8, 4) is 5.75 Å². The summed E-state index contributed by atoms with van der Waals surface area (Å²) in [6, 6.07) is 7.81. The van der Waals surface area contributed by atoms with E-state index < -0.39 is 0 Å². The minimum Gasteiger partial charge on any atom is -0.497 e. The van der Waals surface area contributed by atoms with Crippen molar-refractivity contribution in [3.63, 3.8) is 0 Å². The molecule has 0 spiro atoms. The second-order valence-corrected chi connectivity index (χ2v) is 6.20. The molecule has 5 nitrogen and oxygen atoms in total. The van der Waals surface area contributed by atoms with Gasteiger partial charge < -0.3 is 14.5 Å². The van der Waals surface area contributed by atoms with Gasteiger partial charge in [0.05, 0.1) is 19.4 Å².